The number of nitrogens with zero attached hydrogens (tertiary/aromatic N) is 1. The first-order chi connectivity index (χ1) is 12.1. The number of amides is 1. The van der Waals surface area contributed by atoms with Gasteiger partial charge < -0.3 is 5.32 Å². The smallest absolute Gasteiger partial charge is 0.252 e. The summed E-state index contributed by atoms with van der Waals surface area (Å²) in [6, 6.07) is 19.4. The summed E-state index contributed by atoms with van der Waals surface area (Å²) in [7, 11) is 0. The summed E-state index contributed by atoms with van der Waals surface area (Å²) in [5.41, 5.74) is 2.40. The SMILES string of the molecule is N#Cc1ccc(CNC(=O)c2cccc3cc(C(=O)Cl)ccc23)cc1. The Balaban J connectivity index is 1.81. The van der Waals surface area contributed by atoms with Crippen LogP contribution in [0.5, 0.6) is 0 Å². The molecule has 0 saturated carbocycles. The normalized spacial score (nSPS) is 10.2. The molecule has 0 aliphatic heterocycles. The predicted molar refractivity (Wildman–Crippen MR) is 96.5 cm³/mol. The van der Waals surface area contributed by atoms with Crippen molar-refractivity contribution < 1.29 is 9.59 Å². The van der Waals surface area contributed by atoms with E-state index in [9.17, 15) is 9.59 Å². The Morgan fingerprint density at radius 1 is 1.04 bits per heavy atom. The third-order valence-electron chi connectivity index (χ3n) is 3.89. The maximum absolute atomic E-state index is 12.5. The van der Waals surface area contributed by atoms with Crippen molar-refractivity contribution in [1.82, 2.24) is 5.32 Å². The van der Waals surface area contributed by atoms with E-state index in [0.717, 1.165) is 16.3 Å². The Morgan fingerprint density at radius 2 is 1.80 bits per heavy atom. The van der Waals surface area contributed by atoms with Crippen molar-refractivity contribution in [2.45, 2.75) is 6.54 Å². The summed E-state index contributed by atoms with van der Waals surface area (Å²) in [6.45, 7) is 0.360. The largest absolute Gasteiger partial charge is 0.348 e. The first kappa shape index (κ1) is 16.7. The lowest BCUT2D eigenvalue weighted by Gasteiger charge is -2.09. The second-order valence-corrected chi connectivity index (χ2v) is 5.85. The summed E-state index contributed by atoms with van der Waals surface area (Å²) in [4.78, 5) is 23.8. The number of fused-ring (bicyclic) bond motifs is 1. The van der Waals surface area contributed by atoms with E-state index in [2.05, 4.69) is 11.4 Å². The van der Waals surface area contributed by atoms with Gasteiger partial charge >= 0.3 is 0 Å². The van der Waals surface area contributed by atoms with E-state index in [-0.39, 0.29) is 5.91 Å². The summed E-state index contributed by atoms with van der Waals surface area (Å²) in [5.74, 6) is -0.208. The highest BCUT2D eigenvalue weighted by Crippen LogP contribution is 2.21. The highest BCUT2D eigenvalue weighted by atomic mass is 35.5. The van der Waals surface area contributed by atoms with Crippen molar-refractivity contribution in [3.63, 3.8) is 0 Å². The fourth-order valence-corrected chi connectivity index (χ4v) is 2.70. The van der Waals surface area contributed by atoms with Crippen LogP contribution in [0.3, 0.4) is 0 Å². The van der Waals surface area contributed by atoms with Crippen molar-refractivity contribution in [2.24, 2.45) is 0 Å². The Kier molecular flexibility index (Phi) is 4.78. The molecule has 0 radical (unpaired) electrons. The van der Waals surface area contributed by atoms with Crippen molar-refractivity contribution in [1.29, 1.82) is 5.26 Å². The molecule has 0 fully saturated rings. The van der Waals surface area contributed by atoms with Gasteiger partial charge in [0, 0.05) is 17.7 Å². The zero-order valence-electron chi connectivity index (χ0n) is 13.1. The second kappa shape index (κ2) is 7.16. The number of rotatable bonds is 4. The molecular formula is C20H13ClN2O2. The lowest BCUT2D eigenvalue weighted by atomic mass is 10.0. The standard InChI is InChI=1S/C20H13ClN2O2/c21-19(24)16-8-9-17-15(10-16)2-1-3-18(17)20(25)23-12-14-6-4-13(11-22)5-7-14/h1-10H,12H2,(H,23,25). The average molecular weight is 349 g/mol. The van der Waals surface area contributed by atoms with Crippen LogP contribution in [0, 0.1) is 11.3 Å². The molecule has 3 aromatic carbocycles. The van der Waals surface area contributed by atoms with Crippen LogP contribution in [0.15, 0.2) is 60.7 Å². The third-order valence-corrected chi connectivity index (χ3v) is 4.11. The summed E-state index contributed by atoms with van der Waals surface area (Å²) in [6.07, 6.45) is 0. The maximum Gasteiger partial charge on any atom is 0.252 e. The van der Waals surface area contributed by atoms with Gasteiger partial charge in [-0.05, 0) is 58.3 Å². The Labute approximate surface area is 149 Å². The monoisotopic (exact) mass is 348 g/mol. The van der Waals surface area contributed by atoms with E-state index in [0.29, 0.717) is 23.2 Å². The van der Waals surface area contributed by atoms with Crippen LogP contribution in [0.2, 0.25) is 0 Å². The van der Waals surface area contributed by atoms with Crippen LogP contribution in [0.4, 0.5) is 0 Å². The van der Waals surface area contributed by atoms with Gasteiger partial charge in [-0.1, -0.05) is 30.3 Å². The molecule has 0 aliphatic rings. The van der Waals surface area contributed by atoms with Gasteiger partial charge in [0.05, 0.1) is 11.6 Å². The van der Waals surface area contributed by atoms with Gasteiger partial charge in [-0.2, -0.15) is 5.26 Å². The molecule has 4 nitrogen and oxygen atoms in total. The third kappa shape index (κ3) is 3.68. The maximum atomic E-state index is 12.5. The molecule has 122 valence electrons. The van der Waals surface area contributed by atoms with Gasteiger partial charge in [0.15, 0.2) is 0 Å². The molecule has 1 amide bonds. The fourth-order valence-electron chi connectivity index (χ4n) is 2.58. The molecule has 25 heavy (non-hydrogen) atoms. The zero-order chi connectivity index (χ0) is 17.8. The molecule has 0 bridgehead atoms. The van der Waals surface area contributed by atoms with Crippen molar-refractivity contribution >= 4 is 33.5 Å². The Hall–Kier alpha value is -3.16. The number of nitriles is 1. The van der Waals surface area contributed by atoms with Crippen LogP contribution in [-0.4, -0.2) is 11.1 Å². The lowest BCUT2D eigenvalue weighted by molar-refractivity contribution is 0.0952. The highest BCUT2D eigenvalue weighted by Gasteiger charge is 2.11. The van der Waals surface area contributed by atoms with E-state index in [1.54, 1.807) is 54.6 Å². The number of hydrogen-bond donors (Lipinski definition) is 1. The molecule has 0 unspecified atom stereocenters. The van der Waals surface area contributed by atoms with Gasteiger partial charge in [-0.15, -0.1) is 0 Å². The number of carbonyl (C=O) groups excluding carboxylic acids is 2. The number of nitrogens with one attached hydrogen (secondary N) is 1. The molecule has 0 spiro atoms. The van der Waals surface area contributed by atoms with Crippen LogP contribution in [0.25, 0.3) is 10.8 Å². The first-order valence-electron chi connectivity index (χ1n) is 7.58. The van der Waals surface area contributed by atoms with Crippen LogP contribution >= 0.6 is 11.6 Å². The molecule has 1 N–H and O–H groups in total. The van der Waals surface area contributed by atoms with Gasteiger partial charge in [-0.3, -0.25) is 9.59 Å². The lowest BCUT2D eigenvalue weighted by Crippen LogP contribution is -2.23. The summed E-state index contributed by atoms with van der Waals surface area (Å²) < 4.78 is 0. The molecule has 0 atom stereocenters. The topological polar surface area (TPSA) is 70.0 Å². The van der Waals surface area contributed by atoms with E-state index in [1.165, 1.54) is 0 Å². The first-order valence-corrected chi connectivity index (χ1v) is 7.96. The van der Waals surface area contributed by atoms with Crippen LogP contribution in [-0.2, 0) is 6.54 Å². The number of benzene rings is 3. The quantitative estimate of drug-likeness (QED) is 0.724. The number of hydrogen-bond acceptors (Lipinski definition) is 3. The van der Waals surface area contributed by atoms with E-state index in [1.807, 2.05) is 6.07 Å². The fraction of sp³-hybridized carbons (Fsp3) is 0.0500. The van der Waals surface area contributed by atoms with Crippen molar-refractivity contribution in [3.05, 3.63) is 82.9 Å². The van der Waals surface area contributed by atoms with Gasteiger partial charge in [-0.25, -0.2) is 0 Å². The average Bonchev–Trinajstić information content (AvgIpc) is 2.65. The minimum atomic E-state index is -0.530. The van der Waals surface area contributed by atoms with Gasteiger partial charge in [0.25, 0.3) is 11.1 Å². The highest BCUT2D eigenvalue weighted by molar-refractivity contribution is 6.67. The minimum Gasteiger partial charge on any atom is -0.348 e. The molecule has 0 aliphatic carbocycles. The molecule has 3 aromatic rings. The van der Waals surface area contributed by atoms with Gasteiger partial charge in [0.2, 0.25) is 0 Å². The number of carbonyl (C=O) groups is 2. The number of halogens is 1. The molecule has 0 saturated heterocycles. The molecular weight excluding hydrogens is 336 g/mol. The van der Waals surface area contributed by atoms with Crippen molar-refractivity contribution in [3.8, 4) is 6.07 Å². The summed E-state index contributed by atoms with van der Waals surface area (Å²) >= 11 is 5.51. The second-order valence-electron chi connectivity index (χ2n) is 5.51. The molecule has 3 rings (SSSR count). The Bertz CT molecular complexity index is 1000. The zero-order valence-corrected chi connectivity index (χ0v) is 13.9. The minimum absolute atomic E-state index is 0.208. The van der Waals surface area contributed by atoms with Gasteiger partial charge in [0.1, 0.15) is 0 Å². The van der Waals surface area contributed by atoms with Crippen LogP contribution in [0.1, 0.15) is 31.8 Å². The molecule has 0 aromatic heterocycles. The molecule has 5 heteroatoms. The van der Waals surface area contributed by atoms with E-state index < -0.39 is 5.24 Å². The Morgan fingerprint density at radius 3 is 2.48 bits per heavy atom. The summed E-state index contributed by atoms with van der Waals surface area (Å²) in [5, 5.41) is 12.7. The van der Waals surface area contributed by atoms with E-state index >= 15 is 0 Å². The predicted octanol–water partition coefficient (Wildman–Crippen LogP) is 4.02. The van der Waals surface area contributed by atoms with E-state index in [4.69, 9.17) is 16.9 Å². The van der Waals surface area contributed by atoms with Crippen molar-refractivity contribution in [2.75, 3.05) is 0 Å². The van der Waals surface area contributed by atoms with Crippen LogP contribution < -0.4 is 5.32 Å². The molecule has 0 heterocycles.